The summed E-state index contributed by atoms with van der Waals surface area (Å²) in [5, 5.41) is 0. The highest BCUT2D eigenvalue weighted by Gasteiger charge is 2.22. The van der Waals surface area contributed by atoms with Crippen LogP contribution in [0.15, 0.2) is 24.3 Å². The number of hydrogen-bond acceptors (Lipinski definition) is 5. The van der Waals surface area contributed by atoms with Crippen molar-refractivity contribution in [3.63, 3.8) is 0 Å². The Kier molecular flexibility index (Phi) is 8.51. The van der Waals surface area contributed by atoms with Gasteiger partial charge in [0.25, 0.3) is 0 Å². The van der Waals surface area contributed by atoms with Crippen LogP contribution < -0.4 is 0 Å². The molecule has 5 heterocycles. The molecule has 0 nitrogen and oxygen atoms in total. The van der Waals surface area contributed by atoms with Crippen LogP contribution in [-0.4, -0.2) is 0 Å². The lowest BCUT2D eigenvalue weighted by atomic mass is 10.1. The Hall–Kier alpha value is -0.980. The lowest BCUT2D eigenvalue weighted by Crippen LogP contribution is -1.80. The van der Waals surface area contributed by atoms with Gasteiger partial charge in [0.15, 0.2) is 0 Å². The van der Waals surface area contributed by atoms with E-state index in [1.54, 1.807) is 9.75 Å². The molecule has 0 spiro atoms. The number of fused-ring (bicyclic) bond motifs is 3. The molecule has 0 atom stereocenters. The van der Waals surface area contributed by atoms with Crippen LogP contribution in [0.25, 0.3) is 38.3 Å². The fourth-order valence-electron chi connectivity index (χ4n) is 4.83. The van der Waals surface area contributed by atoms with Crippen LogP contribution >= 0.6 is 56.7 Å². The van der Waals surface area contributed by atoms with Crippen LogP contribution in [0.4, 0.5) is 0 Å². The summed E-state index contributed by atoms with van der Waals surface area (Å²) >= 11 is 10.1. The molecule has 0 radical (unpaired) electrons. The summed E-state index contributed by atoms with van der Waals surface area (Å²) in [7, 11) is 0. The third-order valence-corrected chi connectivity index (χ3v) is 14.0. The van der Waals surface area contributed by atoms with Crippen molar-refractivity contribution in [1.29, 1.82) is 0 Å². The van der Waals surface area contributed by atoms with E-state index in [-0.39, 0.29) is 0 Å². The maximum Gasteiger partial charge on any atom is 0.0639 e. The normalized spacial score (nSPS) is 12.0. The molecular formula is C30H36S5. The Bertz CT molecular complexity index is 1290. The van der Waals surface area contributed by atoms with E-state index in [4.69, 9.17) is 0 Å². The van der Waals surface area contributed by atoms with E-state index < -0.39 is 0 Å². The Balaban J connectivity index is 1.39. The first kappa shape index (κ1) is 25.7. The molecule has 5 heteroatoms. The summed E-state index contributed by atoms with van der Waals surface area (Å²) < 4.78 is 6.07. The van der Waals surface area contributed by atoms with Gasteiger partial charge in [-0.2, -0.15) is 0 Å². The molecule has 0 saturated heterocycles. The van der Waals surface area contributed by atoms with Crippen LogP contribution in [0.1, 0.15) is 86.1 Å². The molecule has 0 aliphatic carbocycles. The minimum Gasteiger partial charge on any atom is -0.139 e. The van der Waals surface area contributed by atoms with Crippen molar-refractivity contribution in [1.82, 2.24) is 0 Å². The molecule has 0 aliphatic heterocycles. The molecule has 5 aromatic heterocycles. The van der Waals surface area contributed by atoms with E-state index in [0.717, 1.165) is 0 Å². The maximum atomic E-state index is 2.37. The summed E-state index contributed by atoms with van der Waals surface area (Å²) in [6.07, 6.45) is 13.2. The molecule has 186 valence electrons. The number of thiophene rings is 5. The quantitative estimate of drug-likeness (QED) is 0.134. The minimum atomic E-state index is 1.24. The van der Waals surface area contributed by atoms with E-state index >= 15 is 0 Å². The fraction of sp³-hybridized carbons (Fsp3) is 0.467. The van der Waals surface area contributed by atoms with Crippen molar-refractivity contribution in [3.8, 4) is 19.5 Å². The first-order valence-corrected chi connectivity index (χ1v) is 17.3. The molecular weight excluding hydrogens is 521 g/mol. The fourth-order valence-corrected chi connectivity index (χ4v) is 11.7. The van der Waals surface area contributed by atoms with E-state index in [2.05, 4.69) is 52.0 Å². The van der Waals surface area contributed by atoms with Crippen LogP contribution in [-0.2, 0) is 12.8 Å². The molecule has 0 saturated carbocycles. The number of unbranched alkanes of at least 4 members (excludes halogenated alkanes) is 6. The molecule has 5 aromatic rings. The van der Waals surface area contributed by atoms with Crippen molar-refractivity contribution in [2.24, 2.45) is 0 Å². The zero-order valence-electron chi connectivity index (χ0n) is 21.4. The van der Waals surface area contributed by atoms with Crippen molar-refractivity contribution in [2.75, 3.05) is 0 Å². The van der Waals surface area contributed by atoms with Gasteiger partial charge < -0.3 is 0 Å². The van der Waals surface area contributed by atoms with Crippen molar-refractivity contribution >= 4 is 75.5 Å². The van der Waals surface area contributed by atoms with Gasteiger partial charge in [0.2, 0.25) is 0 Å². The average molecular weight is 557 g/mol. The van der Waals surface area contributed by atoms with Gasteiger partial charge in [-0.05, 0) is 74.9 Å². The van der Waals surface area contributed by atoms with Crippen LogP contribution in [0, 0.1) is 13.8 Å². The van der Waals surface area contributed by atoms with Gasteiger partial charge in [0, 0.05) is 29.3 Å². The summed E-state index contributed by atoms with van der Waals surface area (Å²) in [5.41, 5.74) is 2.98. The first-order chi connectivity index (χ1) is 17.1. The Morgan fingerprint density at radius 2 is 0.943 bits per heavy atom. The zero-order valence-corrected chi connectivity index (χ0v) is 25.5. The Morgan fingerprint density at radius 1 is 0.486 bits per heavy atom. The van der Waals surface area contributed by atoms with Crippen LogP contribution in [0.5, 0.6) is 0 Å². The van der Waals surface area contributed by atoms with E-state index in [1.807, 2.05) is 56.7 Å². The van der Waals surface area contributed by atoms with E-state index in [1.165, 1.54) is 114 Å². The third kappa shape index (κ3) is 5.36. The summed E-state index contributed by atoms with van der Waals surface area (Å²) in [6, 6.07) is 9.49. The standard InChI is InChI=1S/C30H36S5/c1-5-7-9-11-13-21-15-17-23(31-21)25-19(3)27-29(33-25)30-28(35-27)20(4)26(34-30)24-18-16-22(32-24)14-12-10-8-6-2/h15-18H,5-14H2,1-4H3. The predicted molar refractivity (Wildman–Crippen MR) is 167 cm³/mol. The molecule has 0 N–H and O–H groups in total. The highest BCUT2D eigenvalue weighted by atomic mass is 32.1. The van der Waals surface area contributed by atoms with Gasteiger partial charge in [0.1, 0.15) is 0 Å². The van der Waals surface area contributed by atoms with Crippen LogP contribution in [0.3, 0.4) is 0 Å². The Morgan fingerprint density at radius 3 is 1.37 bits per heavy atom. The summed E-state index contributed by atoms with van der Waals surface area (Å²) in [5.74, 6) is 0. The third-order valence-electron chi connectivity index (χ3n) is 6.92. The van der Waals surface area contributed by atoms with Crippen molar-refractivity contribution < 1.29 is 0 Å². The maximum absolute atomic E-state index is 2.37. The predicted octanol–water partition coefficient (Wildman–Crippen LogP) is 12.5. The van der Waals surface area contributed by atoms with Crippen molar-refractivity contribution in [2.45, 2.75) is 91.9 Å². The summed E-state index contributed by atoms with van der Waals surface area (Å²) in [4.78, 5) is 9.03. The van der Waals surface area contributed by atoms with Gasteiger partial charge in [-0.25, -0.2) is 0 Å². The monoisotopic (exact) mass is 556 g/mol. The van der Waals surface area contributed by atoms with Gasteiger partial charge in [0.05, 0.1) is 18.8 Å². The lowest BCUT2D eigenvalue weighted by Gasteiger charge is -1.98. The zero-order chi connectivity index (χ0) is 24.4. The number of aryl methyl sites for hydroxylation is 4. The van der Waals surface area contributed by atoms with E-state index in [0.29, 0.717) is 0 Å². The largest absolute Gasteiger partial charge is 0.139 e. The average Bonchev–Trinajstić information content (AvgIpc) is 3.66. The van der Waals surface area contributed by atoms with Crippen LogP contribution in [0.2, 0.25) is 0 Å². The number of rotatable bonds is 12. The molecule has 0 aliphatic rings. The van der Waals surface area contributed by atoms with Gasteiger partial charge in [-0.3, -0.25) is 0 Å². The van der Waals surface area contributed by atoms with Gasteiger partial charge in [-0.1, -0.05) is 52.4 Å². The molecule has 0 unspecified atom stereocenters. The highest BCUT2D eigenvalue weighted by Crippen LogP contribution is 2.53. The molecule has 35 heavy (non-hydrogen) atoms. The van der Waals surface area contributed by atoms with Crippen molar-refractivity contribution in [3.05, 3.63) is 45.1 Å². The summed E-state index contributed by atoms with van der Waals surface area (Å²) in [6.45, 7) is 9.26. The Labute approximate surface area is 230 Å². The second-order valence-corrected chi connectivity index (χ2v) is 15.1. The smallest absolute Gasteiger partial charge is 0.0639 e. The minimum absolute atomic E-state index is 1.24. The SMILES string of the molecule is CCCCCCc1ccc(-c2sc3c(sc4c(C)c(-c5ccc(CCCCCC)s5)sc43)c2C)s1. The first-order valence-electron chi connectivity index (χ1n) is 13.2. The molecule has 0 amide bonds. The molecule has 0 fully saturated rings. The highest BCUT2D eigenvalue weighted by molar-refractivity contribution is 7.41. The molecule has 0 aromatic carbocycles. The topological polar surface area (TPSA) is 0 Å². The molecule has 5 rings (SSSR count). The second kappa shape index (κ2) is 11.6. The van der Waals surface area contributed by atoms with E-state index in [9.17, 15) is 0 Å². The lowest BCUT2D eigenvalue weighted by molar-refractivity contribution is 0.670. The number of hydrogen-bond donors (Lipinski definition) is 0. The molecule has 0 bridgehead atoms. The van der Waals surface area contributed by atoms with Gasteiger partial charge in [-0.15, -0.1) is 56.7 Å². The van der Waals surface area contributed by atoms with Gasteiger partial charge >= 0.3 is 0 Å². The second-order valence-electron chi connectivity index (χ2n) is 9.68.